The standard InChI is InChI=1S/C25H24ClN5O2S/c1-14(2)31-24-18(13-27-31)17(12-21(28-24)22-9-6-15(3)34-22)25(33)29-20-11-16(7-8-19(20)26)30-10-4-5-23(30)32/h6-9,11-14H,4-5,10H2,1-3H3,(H,29,33). The van der Waals surface area contributed by atoms with E-state index >= 15 is 0 Å². The van der Waals surface area contributed by atoms with Gasteiger partial charge in [-0.05, 0) is 63.6 Å². The smallest absolute Gasteiger partial charge is 0.256 e. The maximum atomic E-state index is 13.5. The van der Waals surface area contributed by atoms with Crippen molar-refractivity contribution in [1.82, 2.24) is 14.8 Å². The number of fused-ring (bicyclic) bond motifs is 1. The molecule has 0 radical (unpaired) electrons. The third-order valence-corrected chi connectivity index (χ3v) is 7.23. The highest BCUT2D eigenvalue weighted by Crippen LogP contribution is 2.33. The minimum Gasteiger partial charge on any atom is -0.321 e. The fourth-order valence-electron chi connectivity index (χ4n) is 4.17. The molecule has 5 rings (SSSR count). The number of aromatic nitrogens is 3. The maximum Gasteiger partial charge on any atom is 0.256 e. The van der Waals surface area contributed by atoms with Crippen molar-refractivity contribution in [2.75, 3.05) is 16.8 Å². The van der Waals surface area contributed by atoms with Crippen molar-refractivity contribution < 1.29 is 9.59 Å². The lowest BCUT2D eigenvalue weighted by Crippen LogP contribution is -2.24. The van der Waals surface area contributed by atoms with Gasteiger partial charge in [0.2, 0.25) is 5.91 Å². The molecule has 1 saturated heterocycles. The fourth-order valence-corrected chi connectivity index (χ4v) is 5.16. The third kappa shape index (κ3) is 4.08. The Morgan fingerprint density at radius 2 is 2.03 bits per heavy atom. The summed E-state index contributed by atoms with van der Waals surface area (Å²) in [6, 6.07) is 11.2. The molecule has 0 saturated carbocycles. The molecule has 0 aliphatic carbocycles. The van der Waals surface area contributed by atoms with Crippen LogP contribution in [0.1, 0.15) is 48.0 Å². The lowest BCUT2D eigenvalue weighted by Gasteiger charge is -2.18. The van der Waals surface area contributed by atoms with E-state index in [-0.39, 0.29) is 17.9 Å². The zero-order chi connectivity index (χ0) is 24.0. The topological polar surface area (TPSA) is 80.1 Å². The lowest BCUT2D eigenvalue weighted by atomic mass is 10.1. The monoisotopic (exact) mass is 493 g/mol. The van der Waals surface area contributed by atoms with Gasteiger partial charge in [0.25, 0.3) is 5.91 Å². The van der Waals surface area contributed by atoms with Crippen molar-refractivity contribution in [1.29, 1.82) is 0 Å². The molecule has 0 unspecified atom stereocenters. The summed E-state index contributed by atoms with van der Waals surface area (Å²) < 4.78 is 1.82. The quantitative estimate of drug-likeness (QED) is 0.365. The average Bonchev–Trinajstić information content (AvgIpc) is 3.54. The van der Waals surface area contributed by atoms with Crippen LogP contribution in [-0.2, 0) is 4.79 Å². The van der Waals surface area contributed by atoms with Crippen molar-refractivity contribution in [2.24, 2.45) is 0 Å². The van der Waals surface area contributed by atoms with E-state index in [4.69, 9.17) is 16.6 Å². The molecule has 174 valence electrons. The molecule has 1 aromatic carbocycles. The molecule has 3 aromatic heterocycles. The van der Waals surface area contributed by atoms with Crippen LogP contribution in [0.25, 0.3) is 21.6 Å². The molecule has 1 N–H and O–H groups in total. The van der Waals surface area contributed by atoms with Crippen LogP contribution in [0.3, 0.4) is 0 Å². The average molecular weight is 494 g/mol. The van der Waals surface area contributed by atoms with E-state index in [1.54, 1.807) is 46.7 Å². The molecule has 2 amide bonds. The first-order valence-electron chi connectivity index (χ1n) is 11.2. The molecule has 4 aromatic rings. The van der Waals surface area contributed by atoms with E-state index in [1.165, 1.54) is 4.88 Å². The summed E-state index contributed by atoms with van der Waals surface area (Å²) in [5.41, 5.74) is 3.03. The van der Waals surface area contributed by atoms with E-state index in [2.05, 4.69) is 10.4 Å². The highest BCUT2D eigenvalue weighted by Gasteiger charge is 2.24. The molecule has 0 spiro atoms. The highest BCUT2D eigenvalue weighted by molar-refractivity contribution is 7.15. The van der Waals surface area contributed by atoms with Crippen LogP contribution < -0.4 is 10.2 Å². The molecule has 9 heteroatoms. The van der Waals surface area contributed by atoms with Gasteiger partial charge in [0.05, 0.1) is 38.4 Å². The van der Waals surface area contributed by atoms with Crippen molar-refractivity contribution in [3.63, 3.8) is 0 Å². The van der Waals surface area contributed by atoms with Crippen molar-refractivity contribution in [3.05, 3.63) is 58.1 Å². The Bertz CT molecular complexity index is 1420. The first kappa shape index (κ1) is 22.6. The molecule has 1 fully saturated rings. The molecule has 0 bridgehead atoms. The van der Waals surface area contributed by atoms with Crippen LogP contribution in [0.2, 0.25) is 5.02 Å². The van der Waals surface area contributed by atoms with Gasteiger partial charge < -0.3 is 10.2 Å². The van der Waals surface area contributed by atoms with Crippen molar-refractivity contribution >= 4 is 57.2 Å². The minimum atomic E-state index is -0.308. The Balaban J connectivity index is 1.56. The number of amides is 2. The van der Waals surface area contributed by atoms with E-state index in [1.807, 2.05) is 37.6 Å². The van der Waals surface area contributed by atoms with Gasteiger partial charge in [0, 0.05) is 29.6 Å². The summed E-state index contributed by atoms with van der Waals surface area (Å²) in [5.74, 6) is -0.232. The number of nitrogens with one attached hydrogen (secondary N) is 1. The number of halogens is 1. The predicted octanol–water partition coefficient (Wildman–Crippen LogP) is 6.08. The first-order valence-corrected chi connectivity index (χ1v) is 12.4. The number of carbonyl (C=O) groups is 2. The molecule has 34 heavy (non-hydrogen) atoms. The van der Waals surface area contributed by atoms with Crippen LogP contribution in [-0.4, -0.2) is 33.1 Å². The summed E-state index contributed by atoms with van der Waals surface area (Å²) in [5, 5.41) is 8.51. The van der Waals surface area contributed by atoms with Gasteiger partial charge in [0.15, 0.2) is 5.65 Å². The Labute approximate surface area is 206 Å². The van der Waals surface area contributed by atoms with Gasteiger partial charge in [0.1, 0.15) is 0 Å². The number of carbonyl (C=O) groups excluding carboxylic acids is 2. The Morgan fingerprint density at radius 1 is 1.21 bits per heavy atom. The molecule has 4 heterocycles. The predicted molar refractivity (Wildman–Crippen MR) is 137 cm³/mol. The molecule has 1 aliphatic rings. The van der Waals surface area contributed by atoms with E-state index in [9.17, 15) is 9.59 Å². The van der Waals surface area contributed by atoms with Crippen LogP contribution in [0.15, 0.2) is 42.6 Å². The van der Waals surface area contributed by atoms with Crippen LogP contribution >= 0.6 is 22.9 Å². The number of nitrogens with zero attached hydrogens (tertiary/aromatic N) is 4. The summed E-state index contributed by atoms with van der Waals surface area (Å²) in [7, 11) is 0. The molecular formula is C25H24ClN5O2S. The van der Waals surface area contributed by atoms with Gasteiger partial charge in [-0.2, -0.15) is 5.10 Å². The zero-order valence-corrected chi connectivity index (χ0v) is 20.7. The first-order chi connectivity index (χ1) is 16.3. The third-order valence-electron chi connectivity index (χ3n) is 5.88. The summed E-state index contributed by atoms with van der Waals surface area (Å²) in [4.78, 5) is 34.4. The highest BCUT2D eigenvalue weighted by atomic mass is 35.5. The molecular weight excluding hydrogens is 470 g/mol. The zero-order valence-electron chi connectivity index (χ0n) is 19.1. The van der Waals surface area contributed by atoms with Crippen molar-refractivity contribution in [2.45, 2.75) is 39.7 Å². The van der Waals surface area contributed by atoms with E-state index in [0.29, 0.717) is 40.3 Å². The number of hydrogen-bond acceptors (Lipinski definition) is 5. The van der Waals surface area contributed by atoms with E-state index < -0.39 is 0 Å². The minimum absolute atomic E-state index is 0.0763. The number of aryl methyl sites for hydroxylation is 1. The number of benzene rings is 1. The van der Waals surface area contributed by atoms with Crippen molar-refractivity contribution in [3.8, 4) is 10.6 Å². The normalized spacial score (nSPS) is 13.9. The number of thiophene rings is 1. The SMILES string of the molecule is Cc1ccc(-c2cc(C(=O)Nc3cc(N4CCCC4=O)ccc3Cl)c3cnn(C(C)C)c3n2)s1. The Hall–Kier alpha value is -3.23. The van der Waals surface area contributed by atoms with Gasteiger partial charge >= 0.3 is 0 Å². The second-order valence-electron chi connectivity index (χ2n) is 8.65. The van der Waals surface area contributed by atoms with E-state index in [0.717, 1.165) is 22.7 Å². The summed E-state index contributed by atoms with van der Waals surface area (Å²) in [6.45, 7) is 6.76. The van der Waals surface area contributed by atoms with Crippen LogP contribution in [0.5, 0.6) is 0 Å². The number of pyridine rings is 1. The lowest BCUT2D eigenvalue weighted by molar-refractivity contribution is -0.117. The van der Waals surface area contributed by atoms with Gasteiger partial charge in [-0.3, -0.25) is 9.59 Å². The summed E-state index contributed by atoms with van der Waals surface area (Å²) >= 11 is 8.05. The second-order valence-corrected chi connectivity index (χ2v) is 10.3. The van der Waals surface area contributed by atoms with Gasteiger partial charge in [-0.15, -0.1) is 11.3 Å². The van der Waals surface area contributed by atoms with Crippen LogP contribution in [0.4, 0.5) is 11.4 Å². The fraction of sp³-hybridized carbons (Fsp3) is 0.280. The van der Waals surface area contributed by atoms with Gasteiger partial charge in [-0.25, -0.2) is 9.67 Å². The number of rotatable bonds is 5. The molecule has 7 nitrogen and oxygen atoms in total. The number of anilines is 2. The maximum absolute atomic E-state index is 13.5. The Morgan fingerprint density at radius 3 is 2.71 bits per heavy atom. The van der Waals surface area contributed by atoms with Gasteiger partial charge in [-0.1, -0.05) is 11.6 Å². The molecule has 0 atom stereocenters. The summed E-state index contributed by atoms with van der Waals surface area (Å²) in [6.07, 6.45) is 3.04. The second kappa shape index (κ2) is 8.85. The largest absolute Gasteiger partial charge is 0.321 e. The Kier molecular flexibility index (Phi) is 5.87. The molecule has 1 aliphatic heterocycles. The number of hydrogen-bond donors (Lipinski definition) is 1. The van der Waals surface area contributed by atoms with Crippen LogP contribution in [0, 0.1) is 6.92 Å².